The summed E-state index contributed by atoms with van der Waals surface area (Å²) in [6.07, 6.45) is 9.16. The third-order valence-corrected chi connectivity index (χ3v) is 10.6. The zero-order chi connectivity index (χ0) is 35.8. The molecule has 50 heavy (non-hydrogen) atoms. The van der Waals surface area contributed by atoms with E-state index in [9.17, 15) is 22.0 Å². The van der Waals surface area contributed by atoms with Crippen LogP contribution in [0.1, 0.15) is 66.1 Å². The Morgan fingerprint density at radius 1 is 1.02 bits per heavy atom. The van der Waals surface area contributed by atoms with E-state index in [4.69, 9.17) is 42.1 Å². The minimum Gasteiger partial charge on any atom is -0.495 e. The van der Waals surface area contributed by atoms with Gasteiger partial charge in [-0.1, -0.05) is 35.7 Å². The lowest BCUT2D eigenvalue weighted by Crippen LogP contribution is -2.35. The summed E-state index contributed by atoms with van der Waals surface area (Å²) >= 11 is 13.0. The molecule has 0 bridgehead atoms. The lowest BCUT2D eigenvalue weighted by Gasteiger charge is -2.29. The van der Waals surface area contributed by atoms with Gasteiger partial charge in [0.15, 0.2) is 23.9 Å². The zero-order valence-electron chi connectivity index (χ0n) is 28.0. The number of piperidine rings is 1. The number of alkyl halides is 2. The van der Waals surface area contributed by atoms with Crippen molar-refractivity contribution in [1.29, 1.82) is 0 Å². The molecule has 10 nitrogen and oxygen atoms in total. The Morgan fingerprint density at radius 3 is 2.36 bits per heavy atom. The van der Waals surface area contributed by atoms with Gasteiger partial charge >= 0.3 is 12.6 Å². The average molecular weight is 758 g/mol. The van der Waals surface area contributed by atoms with Gasteiger partial charge in [0.25, 0.3) is 0 Å². The molecule has 2 heterocycles. The van der Waals surface area contributed by atoms with Crippen LogP contribution in [0.25, 0.3) is 0 Å². The number of sulfonamides is 1. The van der Waals surface area contributed by atoms with E-state index in [0.717, 1.165) is 51.6 Å². The number of likely N-dealkylation sites (tertiary alicyclic amines) is 1. The number of benzene rings is 2. The molecular weight excluding hydrogens is 715 g/mol. The van der Waals surface area contributed by atoms with Crippen molar-refractivity contribution in [3.63, 3.8) is 0 Å². The molecule has 1 atom stereocenters. The maximum atomic E-state index is 13.9. The van der Waals surface area contributed by atoms with Gasteiger partial charge in [-0.15, -0.1) is 0 Å². The van der Waals surface area contributed by atoms with Crippen LogP contribution in [0.5, 0.6) is 17.2 Å². The number of anilines is 1. The molecule has 2 aromatic carbocycles. The quantitative estimate of drug-likeness (QED) is 0.136. The minimum absolute atomic E-state index is 0.0180. The van der Waals surface area contributed by atoms with E-state index in [2.05, 4.69) is 9.88 Å². The Kier molecular flexibility index (Phi) is 13.0. The molecular formula is C35H42Cl2F2N3O7S+. The number of nitrogens with one attached hydrogen (secondary N) is 1. The highest BCUT2D eigenvalue weighted by atomic mass is 35.5. The van der Waals surface area contributed by atoms with Crippen LogP contribution < -0.4 is 23.5 Å². The van der Waals surface area contributed by atoms with Crippen molar-refractivity contribution in [1.82, 2.24) is 4.90 Å². The van der Waals surface area contributed by atoms with Crippen LogP contribution >= 0.6 is 23.2 Å². The number of halogens is 4. The van der Waals surface area contributed by atoms with Crippen molar-refractivity contribution >= 4 is 44.9 Å². The number of carbonyl (C=O) groups excluding carboxylic acids is 1. The summed E-state index contributed by atoms with van der Waals surface area (Å²) < 4.78 is 76.0. The Morgan fingerprint density at radius 2 is 1.72 bits per heavy atom. The van der Waals surface area contributed by atoms with Crippen LogP contribution in [0.2, 0.25) is 10.0 Å². The van der Waals surface area contributed by atoms with Crippen molar-refractivity contribution in [2.24, 2.45) is 5.92 Å². The Labute approximate surface area is 301 Å². The fourth-order valence-electron chi connectivity index (χ4n) is 5.90. The molecule has 1 aliphatic heterocycles. The van der Waals surface area contributed by atoms with Gasteiger partial charge in [-0.05, 0) is 93.6 Å². The first-order valence-corrected chi connectivity index (χ1v) is 19.2. The number of hydrogen-bond acceptors (Lipinski definition) is 8. The summed E-state index contributed by atoms with van der Waals surface area (Å²) in [5.74, 6) is -0.253. The molecule has 15 heteroatoms. The normalized spacial score (nSPS) is 15.8. The van der Waals surface area contributed by atoms with E-state index in [1.165, 1.54) is 66.6 Å². The summed E-state index contributed by atoms with van der Waals surface area (Å²) in [6.45, 7) is 0.149. The predicted octanol–water partition coefficient (Wildman–Crippen LogP) is 6.99. The van der Waals surface area contributed by atoms with Crippen molar-refractivity contribution < 1.29 is 45.9 Å². The number of rotatable bonds is 17. The van der Waals surface area contributed by atoms with Crippen molar-refractivity contribution in [2.75, 3.05) is 50.5 Å². The van der Waals surface area contributed by atoms with E-state index < -0.39 is 28.7 Å². The third kappa shape index (κ3) is 10.3. The number of pyridine rings is 1. The predicted molar refractivity (Wildman–Crippen MR) is 186 cm³/mol. The highest BCUT2D eigenvalue weighted by Crippen LogP contribution is 2.39. The van der Waals surface area contributed by atoms with Gasteiger partial charge in [-0.3, -0.25) is 4.31 Å². The summed E-state index contributed by atoms with van der Waals surface area (Å²) in [5.41, 5.74) is 1.16. The smallest absolute Gasteiger partial charge is 0.387 e. The second-order valence-electron chi connectivity index (χ2n) is 12.5. The fourth-order valence-corrected chi connectivity index (χ4v) is 7.40. The van der Waals surface area contributed by atoms with Crippen LogP contribution in [0.3, 0.4) is 0 Å². The largest absolute Gasteiger partial charge is 0.495 e. The molecule has 0 radical (unpaired) electrons. The van der Waals surface area contributed by atoms with E-state index >= 15 is 0 Å². The summed E-state index contributed by atoms with van der Waals surface area (Å²) in [6, 6.07) is 8.78. The maximum Gasteiger partial charge on any atom is 0.387 e. The van der Waals surface area contributed by atoms with Gasteiger partial charge in [0, 0.05) is 18.5 Å². The second kappa shape index (κ2) is 17.2. The van der Waals surface area contributed by atoms with Crippen LogP contribution in [-0.2, 0) is 21.2 Å². The maximum absolute atomic E-state index is 13.9. The minimum atomic E-state index is -3.77. The van der Waals surface area contributed by atoms with E-state index in [-0.39, 0.29) is 41.5 Å². The number of methoxy groups -OCH3 is 1. The number of carbonyl (C=O) groups is 1. The van der Waals surface area contributed by atoms with E-state index in [1.54, 1.807) is 0 Å². The van der Waals surface area contributed by atoms with Gasteiger partial charge < -0.3 is 23.8 Å². The Bertz CT molecular complexity index is 1720. The first-order chi connectivity index (χ1) is 23.9. The van der Waals surface area contributed by atoms with Crippen LogP contribution in [0, 0.1) is 5.92 Å². The molecule has 5 rings (SSSR count). The topological polar surface area (TPSA) is 109 Å². The molecule has 1 N–H and O–H groups in total. The lowest BCUT2D eigenvalue weighted by molar-refractivity contribution is -0.377. The number of esters is 1. The molecule has 2 fully saturated rings. The van der Waals surface area contributed by atoms with Gasteiger partial charge in [0.2, 0.25) is 10.0 Å². The fraction of sp³-hybridized carbons (Fsp3) is 0.486. The second-order valence-corrected chi connectivity index (χ2v) is 15.3. The standard InChI is InChI=1S/C35H41Cl2F2N3O7S/c1-46-30-11-10-25(17-29(30)42(50(2,44)45)16-6-15-41-13-4-3-5-14-41)34(43)48-32(19-26-27(36)20-40-21-28(26)37)24-9-12-31(49-35(38)39)33(18-24)47-22-23-7-8-23/h9-12,17-18,20-21,23,32,35H,3-8,13-16,19,22H2,1-2H3/p+1/t32-/m0/s1. The van der Waals surface area contributed by atoms with Crippen LogP contribution in [0.15, 0.2) is 48.8 Å². The van der Waals surface area contributed by atoms with Gasteiger partial charge in [0.1, 0.15) is 21.9 Å². The number of H-pyrrole nitrogens is 1. The average Bonchev–Trinajstić information content (AvgIpc) is 3.91. The number of hydrogen-bond donors (Lipinski definition) is 0. The summed E-state index contributed by atoms with van der Waals surface area (Å²) in [5, 5.41) is 0.586. The first kappa shape index (κ1) is 37.9. The SMILES string of the molecule is COc1ccc(C(=O)O[C@@H](Cc2c(Cl)c[nH+]cc2Cl)c2ccc(OC(F)F)c(OCC3CC3)c2)cc1N(CCCN1CCCCC1)S(C)(=O)=O. The number of nitrogens with zero attached hydrogens (tertiary/aromatic N) is 2. The zero-order valence-corrected chi connectivity index (χ0v) is 30.3. The van der Waals surface area contributed by atoms with Crippen molar-refractivity contribution in [3.8, 4) is 17.2 Å². The molecule has 1 saturated heterocycles. The molecule has 1 saturated carbocycles. The third-order valence-electron chi connectivity index (χ3n) is 8.73. The first-order valence-electron chi connectivity index (χ1n) is 16.6. The van der Waals surface area contributed by atoms with Crippen molar-refractivity contribution in [3.05, 3.63) is 75.5 Å². The van der Waals surface area contributed by atoms with Gasteiger partial charge in [-0.25, -0.2) is 18.2 Å². The van der Waals surface area contributed by atoms with Gasteiger partial charge in [0.05, 0.1) is 31.2 Å². The molecule has 1 aliphatic carbocycles. The molecule has 0 unspecified atom stereocenters. The lowest BCUT2D eigenvalue weighted by atomic mass is 10.0. The number of ether oxygens (including phenoxy) is 4. The molecule has 3 aromatic rings. The summed E-state index contributed by atoms with van der Waals surface area (Å²) in [7, 11) is -2.34. The number of aromatic nitrogens is 1. The molecule has 272 valence electrons. The van der Waals surface area contributed by atoms with Crippen molar-refractivity contribution in [2.45, 2.75) is 57.7 Å². The molecule has 0 amide bonds. The van der Waals surface area contributed by atoms with E-state index in [1.807, 2.05) is 0 Å². The highest BCUT2D eigenvalue weighted by Gasteiger charge is 2.28. The monoisotopic (exact) mass is 756 g/mol. The van der Waals surface area contributed by atoms with Crippen LogP contribution in [-0.4, -0.2) is 72.0 Å². The van der Waals surface area contributed by atoms with Crippen LogP contribution in [0.4, 0.5) is 14.5 Å². The molecule has 2 aliphatic rings. The Hall–Kier alpha value is -3.39. The van der Waals surface area contributed by atoms with Gasteiger partial charge in [-0.2, -0.15) is 8.78 Å². The number of aromatic amines is 1. The highest BCUT2D eigenvalue weighted by molar-refractivity contribution is 7.92. The van der Waals surface area contributed by atoms with E-state index in [0.29, 0.717) is 40.1 Å². The molecule has 1 aromatic heterocycles. The Balaban J connectivity index is 1.45. The summed E-state index contributed by atoms with van der Waals surface area (Å²) in [4.78, 5) is 19.1. The molecule has 0 spiro atoms.